The van der Waals surface area contributed by atoms with Crippen LogP contribution in [0.1, 0.15) is 23.6 Å². The first kappa shape index (κ1) is 16.0. The summed E-state index contributed by atoms with van der Waals surface area (Å²) in [6.07, 6.45) is 1.04. The van der Waals surface area contributed by atoms with Crippen LogP contribution in [0.25, 0.3) is 0 Å². The number of nitrogens with one attached hydrogen (secondary N) is 1. The number of aromatic amines is 1. The molecule has 1 aromatic heterocycles. The van der Waals surface area contributed by atoms with Crippen LogP contribution in [-0.4, -0.2) is 34.1 Å². The SMILES string of the molecule is Cc1cc(=O)n(CCN2CCC(c3ccccc3Cl)C2)c(=O)[nH]1. The lowest BCUT2D eigenvalue weighted by Gasteiger charge is -2.17. The van der Waals surface area contributed by atoms with Gasteiger partial charge >= 0.3 is 5.69 Å². The van der Waals surface area contributed by atoms with Gasteiger partial charge in [0, 0.05) is 36.4 Å². The lowest BCUT2D eigenvalue weighted by molar-refractivity contribution is 0.314. The number of aryl methyl sites for hydroxylation is 1. The molecule has 1 unspecified atom stereocenters. The molecule has 1 N–H and O–H groups in total. The van der Waals surface area contributed by atoms with Crippen molar-refractivity contribution in [1.82, 2.24) is 14.5 Å². The normalized spacial score (nSPS) is 18.4. The molecule has 0 saturated carbocycles. The number of likely N-dealkylation sites (tertiary alicyclic amines) is 1. The Balaban J connectivity index is 1.64. The zero-order valence-corrected chi connectivity index (χ0v) is 13.8. The van der Waals surface area contributed by atoms with Gasteiger partial charge in [0.2, 0.25) is 0 Å². The van der Waals surface area contributed by atoms with Crippen molar-refractivity contribution in [2.45, 2.75) is 25.8 Å². The third-order valence-corrected chi connectivity index (χ3v) is 4.76. The molecular formula is C17H20ClN3O2. The summed E-state index contributed by atoms with van der Waals surface area (Å²) in [5.41, 5.74) is 1.20. The van der Waals surface area contributed by atoms with Gasteiger partial charge in [0.15, 0.2) is 0 Å². The molecule has 1 aliphatic heterocycles. The van der Waals surface area contributed by atoms with Gasteiger partial charge in [-0.1, -0.05) is 29.8 Å². The maximum Gasteiger partial charge on any atom is 0.328 e. The van der Waals surface area contributed by atoms with E-state index < -0.39 is 0 Å². The van der Waals surface area contributed by atoms with Crippen LogP contribution in [0.3, 0.4) is 0 Å². The zero-order valence-electron chi connectivity index (χ0n) is 13.1. The third-order valence-electron chi connectivity index (χ3n) is 4.41. The fourth-order valence-corrected chi connectivity index (χ4v) is 3.47. The molecule has 1 aliphatic rings. The van der Waals surface area contributed by atoms with Crippen LogP contribution in [-0.2, 0) is 6.54 Å². The van der Waals surface area contributed by atoms with Crippen molar-refractivity contribution >= 4 is 11.6 Å². The number of halogens is 1. The van der Waals surface area contributed by atoms with Gasteiger partial charge in [0.1, 0.15) is 0 Å². The van der Waals surface area contributed by atoms with Crippen LogP contribution in [0.15, 0.2) is 39.9 Å². The van der Waals surface area contributed by atoms with E-state index in [0.717, 1.165) is 24.5 Å². The summed E-state index contributed by atoms with van der Waals surface area (Å²) in [7, 11) is 0. The standard InChI is InChI=1S/C17H20ClN3O2/c1-12-10-16(22)21(17(23)19-12)9-8-20-7-6-13(11-20)14-4-2-3-5-15(14)18/h2-5,10,13H,6-9,11H2,1H3,(H,19,23). The Morgan fingerprint density at radius 3 is 2.78 bits per heavy atom. The van der Waals surface area contributed by atoms with E-state index in [0.29, 0.717) is 24.7 Å². The van der Waals surface area contributed by atoms with Gasteiger partial charge < -0.3 is 9.88 Å². The molecule has 2 heterocycles. The topological polar surface area (TPSA) is 58.1 Å². The van der Waals surface area contributed by atoms with E-state index in [1.807, 2.05) is 18.2 Å². The summed E-state index contributed by atoms with van der Waals surface area (Å²) in [5.74, 6) is 0.414. The van der Waals surface area contributed by atoms with Crippen molar-refractivity contribution in [2.24, 2.45) is 0 Å². The number of nitrogens with zero attached hydrogens (tertiary/aromatic N) is 2. The third kappa shape index (κ3) is 3.57. The number of hydrogen-bond acceptors (Lipinski definition) is 3. The first-order valence-electron chi connectivity index (χ1n) is 7.82. The lowest BCUT2D eigenvalue weighted by atomic mass is 9.98. The highest BCUT2D eigenvalue weighted by molar-refractivity contribution is 6.31. The Kier molecular flexibility index (Phi) is 4.68. The summed E-state index contributed by atoms with van der Waals surface area (Å²) in [4.78, 5) is 28.7. The summed E-state index contributed by atoms with van der Waals surface area (Å²) < 4.78 is 1.26. The molecule has 1 fully saturated rings. The number of benzene rings is 1. The Morgan fingerprint density at radius 1 is 1.26 bits per heavy atom. The predicted octanol–water partition coefficient (Wildman–Crippen LogP) is 1.99. The van der Waals surface area contributed by atoms with E-state index in [4.69, 9.17) is 11.6 Å². The molecule has 3 rings (SSSR count). The van der Waals surface area contributed by atoms with Crippen LogP contribution in [0.2, 0.25) is 5.02 Å². The van der Waals surface area contributed by atoms with Gasteiger partial charge in [-0.15, -0.1) is 0 Å². The van der Waals surface area contributed by atoms with Gasteiger partial charge in [-0.25, -0.2) is 4.79 Å². The second-order valence-corrected chi connectivity index (χ2v) is 6.46. The Morgan fingerprint density at radius 2 is 2.04 bits per heavy atom. The Labute approximate surface area is 139 Å². The highest BCUT2D eigenvalue weighted by atomic mass is 35.5. The van der Waals surface area contributed by atoms with Crippen molar-refractivity contribution in [3.63, 3.8) is 0 Å². The van der Waals surface area contributed by atoms with Gasteiger partial charge in [0.25, 0.3) is 5.56 Å². The van der Waals surface area contributed by atoms with Crippen molar-refractivity contribution in [3.8, 4) is 0 Å². The van der Waals surface area contributed by atoms with Crippen molar-refractivity contribution in [3.05, 3.63) is 67.4 Å². The van der Waals surface area contributed by atoms with Crippen LogP contribution < -0.4 is 11.2 Å². The highest BCUT2D eigenvalue weighted by Gasteiger charge is 2.25. The monoisotopic (exact) mass is 333 g/mol. The van der Waals surface area contributed by atoms with Crippen molar-refractivity contribution in [2.75, 3.05) is 19.6 Å². The van der Waals surface area contributed by atoms with E-state index >= 15 is 0 Å². The first-order chi connectivity index (χ1) is 11.0. The summed E-state index contributed by atoms with van der Waals surface area (Å²) in [5, 5.41) is 0.811. The molecule has 1 saturated heterocycles. The van der Waals surface area contributed by atoms with Gasteiger partial charge in [-0.05, 0) is 37.4 Å². The number of H-pyrrole nitrogens is 1. The molecule has 1 atom stereocenters. The van der Waals surface area contributed by atoms with Crippen molar-refractivity contribution in [1.29, 1.82) is 0 Å². The summed E-state index contributed by atoms with van der Waals surface area (Å²) in [6.45, 7) is 4.66. The molecule has 0 aliphatic carbocycles. The van der Waals surface area contributed by atoms with E-state index in [2.05, 4.69) is 16.0 Å². The van der Waals surface area contributed by atoms with Crippen molar-refractivity contribution < 1.29 is 0 Å². The first-order valence-corrected chi connectivity index (χ1v) is 8.20. The Hall–Kier alpha value is -1.85. The molecule has 2 aromatic rings. The molecule has 0 radical (unpaired) electrons. The molecule has 23 heavy (non-hydrogen) atoms. The molecule has 6 heteroatoms. The molecule has 1 aromatic carbocycles. The smallest absolute Gasteiger partial charge is 0.311 e. The zero-order chi connectivity index (χ0) is 16.4. The van der Waals surface area contributed by atoms with E-state index in [9.17, 15) is 9.59 Å². The minimum absolute atomic E-state index is 0.242. The fraction of sp³-hybridized carbons (Fsp3) is 0.412. The minimum Gasteiger partial charge on any atom is -0.311 e. The largest absolute Gasteiger partial charge is 0.328 e. The summed E-state index contributed by atoms with van der Waals surface area (Å²) >= 11 is 6.27. The van der Waals surface area contributed by atoms with Gasteiger partial charge in [-0.2, -0.15) is 0 Å². The van der Waals surface area contributed by atoms with Crippen LogP contribution in [0.4, 0.5) is 0 Å². The molecular weight excluding hydrogens is 314 g/mol. The lowest BCUT2D eigenvalue weighted by Crippen LogP contribution is -2.38. The fourth-order valence-electron chi connectivity index (χ4n) is 3.18. The molecule has 122 valence electrons. The van der Waals surface area contributed by atoms with Gasteiger partial charge in [-0.3, -0.25) is 9.36 Å². The van der Waals surface area contributed by atoms with Crippen LogP contribution in [0.5, 0.6) is 0 Å². The maximum absolute atomic E-state index is 11.9. The van der Waals surface area contributed by atoms with E-state index in [1.165, 1.54) is 16.2 Å². The van der Waals surface area contributed by atoms with E-state index in [-0.39, 0.29) is 11.2 Å². The maximum atomic E-state index is 11.9. The second-order valence-electron chi connectivity index (χ2n) is 6.06. The number of rotatable bonds is 4. The molecule has 0 amide bonds. The quantitative estimate of drug-likeness (QED) is 0.931. The minimum atomic E-state index is -0.336. The number of hydrogen-bond donors (Lipinski definition) is 1. The van der Waals surface area contributed by atoms with Crippen LogP contribution in [0, 0.1) is 6.92 Å². The highest BCUT2D eigenvalue weighted by Crippen LogP contribution is 2.31. The van der Waals surface area contributed by atoms with Crippen LogP contribution >= 0.6 is 11.6 Å². The molecule has 0 spiro atoms. The Bertz CT molecular complexity index is 781. The number of aromatic nitrogens is 2. The average Bonchev–Trinajstić information content (AvgIpc) is 2.95. The summed E-state index contributed by atoms with van der Waals surface area (Å²) in [6, 6.07) is 9.40. The molecule has 0 bridgehead atoms. The average molecular weight is 334 g/mol. The van der Waals surface area contributed by atoms with E-state index in [1.54, 1.807) is 6.92 Å². The van der Waals surface area contributed by atoms with Gasteiger partial charge in [0.05, 0.1) is 0 Å². The molecule has 5 nitrogen and oxygen atoms in total. The predicted molar refractivity (Wildman–Crippen MR) is 91.3 cm³/mol. The second kappa shape index (κ2) is 6.72.